The van der Waals surface area contributed by atoms with Gasteiger partial charge in [-0.3, -0.25) is 4.98 Å². The number of piperidine rings is 1. The maximum Gasteiger partial charge on any atom is 0.128 e. The third-order valence-corrected chi connectivity index (χ3v) is 4.97. The standard InChI is InChI=1S/C19H33N3O2/c1-14-10-20-18(16(3)19(14)24-5)13-21(4)12-17-6-8-22(9-7-17)11-15(2)23/h10,15,17,23H,6-9,11-13H2,1-5H3. The van der Waals surface area contributed by atoms with Crippen LogP contribution in [0.5, 0.6) is 5.75 Å². The van der Waals surface area contributed by atoms with Crippen LogP contribution in [0.4, 0.5) is 0 Å². The summed E-state index contributed by atoms with van der Waals surface area (Å²) in [5, 5.41) is 9.50. The Morgan fingerprint density at radius 3 is 2.62 bits per heavy atom. The molecule has 0 aromatic carbocycles. The zero-order chi connectivity index (χ0) is 17.7. The Kier molecular flexibility index (Phi) is 7.02. The number of hydrogen-bond donors (Lipinski definition) is 1. The first-order valence-electron chi connectivity index (χ1n) is 8.98. The summed E-state index contributed by atoms with van der Waals surface area (Å²) in [5.41, 5.74) is 3.34. The molecule has 0 saturated carbocycles. The highest BCUT2D eigenvalue weighted by Crippen LogP contribution is 2.25. The van der Waals surface area contributed by atoms with Crippen molar-refractivity contribution in [2.75, 3.05) is 40.3 Å². The van der Waals surface area contributed by atoms with Gasteiger partial charge in [0.2, 0.25) is 0 Å². The summed E-state index contributed by atoms with van der Waals surface area (Å²) in [6, 6.07) is 0. The summed E-state index contributed by atoms with van der Waals surface area (Å²) in [7, 11) is 3.90. The van der Waals surface area contributed by atoms with Gasteiger partial charge in [-0.15, -0.1) is 0 Å². The summed E-state index contributed by atoms with van der Waals surface area (Å²) < 4.78 is 5.51. The van der Waals surface area contributed by atoms with Crippen LogP contribution >= 0.6 is 0 Å². The van der Waals surface area contributed by atoms with Crippen LogP contribution in [0.2, 0.25) is 0 Å². The molecule has 5 heteroatoms. The molecule has 0 radical (unpaired) electrons. The Morgan fingerprint density at radius 1 is 1.38 bits per heavy atom. The number of pyridine rings is 1. The average Bonchev–Trinajstić information content (AvgIpc) is 2.52. The molecule has 1 unspecified atom stereocenters. The van der Waals surface area contributed by atoms with E-state index in [1.54, 1.807) is 7.11 Å². The van der Waals surface area contributed by atoms with Gasteiger partial charge >= 0.3 is 0 Å². The number of aryl methyl sites for hydroxylation is 1. The fourth-order valence-electron chi connectivity index (χ4n) is 3.72. The second kappa shape index (κ2) is 8.79. The van der Waals surface area contributed by atoms with Crippen molar-refractivity contribution in [3.05, 3.63) is 23.0 Å². The molecule has 1 atom stereocenters. The molecule has 1 aliphatic heterocycles. The van der Waals surface area contributed by atoms with E-state index in [2.05, 4.69) is 28.8 Å². The molecular weight excluding hydrogens is 302 g/mol. The Morgan fingerprint density at radius 2 is 2.04 bits per heavy atom. The van der Waals surface area contributed by atoms with E-state index in [-0.39, 0.29) is 6.10 Å². The Balaban J connectivity index is 1.85. The van der Waals surface area contributed by atoms with Crippen LogP contribution in [-0.2, 0) is 6.54 Å². The highest BCUT2D eigenvalue weighted by atomic mass is 16.5. The Bertz CT molecular complexity index is 526. The van der Waals surface area contributed by atoms with Crippen LogP contribution in [-0.4, -0.2) is 66.3 Å². The zero-order valence-corrected chi connectivity index (χ0v) is 15.9. The maximum absolute atomic E-state index is 9.50. The largest absolute Gasteiger partial charge is 0.496 e. The molecule has 1 aromatic rings. The van der Waals surface area contributed by atoms with Gasteiger partial charge in [-0.05, 0) is 59.7 Å². The molecular formula is C19H33N3O2. The van der Waals surface area contributed by atoms with Crippen molar-refractivity contribution in [2.45, 2.75) is 46.3 Å². The third kappa shape index (κ3) is 5.16. The lowest BCUT2D eigenvalue weighted by Gasteiger charge is -2.34. The molecule has 2 heterocycles. The zero-order valence-electron chi connectivity index (χ0n) is 15.9. The first-order chi connectivity index (χ1) is 11.4. The van der Waals surface area contributed by atoms with Crippen molar-refractivity contribution >= 4 is 0 Å². The second-order valence-electron chi connectivity index (χ2n) is 7.34. The monoisotopic (exact) mass is 335 g/mol. The van der Waals surface area contributed by atoms with E-state index >= 15 is 0 Å². The van der Waals surface area contributed by atoms with Crippen molar-refractivity contribution < 1.29 is 9.84 Å². The van der Waals surface area contributed by atoms with Crippen molar-refractivity contribution in [2.24, 2.45) is 5.92 Å². The Hall–Kier alpha value is -1.17. The lowest BCUT2D eigenvalue weighted by Crippen LogP contribution is -2.40. The lowest BCUT2D eigenvalue weighted by molar-refractivity contribution is 0.0918. The van der Waals surface area contributed by atoms with Gasteiger partial charge in [0.05, 0.1) is 18.9 Å². The molecule has 1 saturated heterocycles. The highest BCUT2D eigenvalue weighted by Gasteiger charge is 2.21. The van der Waals surface area contributed by atoms with Gasteiger partial charge < -0.3 is 19.6 Å². The number of hydrogen-bond acceptors (Lipinski definition) is 5. The van der Waals surface area contributed by atoms with E-state index in [9.17, 15) is 5.11 Å². The van der Waals surface area contributed by atoms with Gasteiger partial charge in [-0.2, -0.15) is 0 Å². The van der Waals surface area contributed by atoms with Crippen molar-refractivity contribution in [1.29, 1.82) is 0 Å². The van der Waals surface area contributed by atoms with Crippen molar-refractivity contribution in [3.63, 3.8) is 0 Å². The predicted molar refractivity (Wildman–Crippen MR) is 97.4 cm³/mol. The quantitative estimate of drug-likeness (QED) is 0.828. The smallest absolute Gasteiger partial charge is 0.128 e. The van der Waals surface area contributed by atoms with Crippen molar-refractivity contribution in [1.82, 2.24) is 14.8 Å². The lowest BCUT2D eigenvalue weighted by atomic mass is 9.96. The van der Waals surface area contributed by atoms with Gasteiger partial charge in [-0.1, -0.05) is 0 Å². The number of likely N-dealkylation sites (tertiary alicyclic amines) is 1. The summed E-state index contributed by atoms with van der Waals surface area (Å²) in [5.74, 6) is 1.69. The summed E-state index contributed by atoms with van der Waals surface area (Å²) in [6.07, 6.45) is 4.10. The molecule has 0 aliphatic carbocycles. The molecule has 2 rings (SSSR count). The van der Waals surface area contributed by atoms with E-state index in [0.717, 1.165) is 61.2 Å². The summed E-state index contributed by atoms with van der Waals surface area (Å²) >= 11 is 0. The highest BCUT2D eigenvalue weighted by molar-refractivity contribution is 5.40. The van der Waals surface area contributed by atoms with E-state index in [0.29, 0.717) is 0 Å². The molecule has 0 amide bonds. The first kappa shape index (κ1) is 19.2. The molecule has 1 N–H and O–H groups in total. The van der Waals surface area contributed by atoms with Gasteiger partial charge in [0.25, 0.3) is 0 Å². The molecule has 1 aromatic heterocycles. The Labute approximate surface area is 146 Å². The van der Waals surface area contributed by atoms with E-state index in [1.807, 2.05) is 20.0 Å². The van der Waals surface area contributed by atoms with Gasteiger partial charge in [0.15, 0.2) is 0 Å². The number of methoxy groups -OCH3 is 1. The van der Waals surface area contributed by atoms with Crippen LogP contribution in [0.15, 0.2) is 6.20 Å². The SMILES string of the molecule is COc1c(C)cnc(CN(C)CC2CCN(CC(C)O)CC2)c1C. The number of β-amino-alcohol motifs (C(OH)–C–C–N with tert-alkyl or cyclic N) is 1. The minimum atomic E-state index is -0.227. The van der Waals surface area contributed by atoms with Gasteiger partial charge in [-0.25, -0.2) is 0 Å². The molecule has 1 aliphatic rings. The second-order valence-corrected chi connectivity index (χ2v) is 7.34. The fraction of sp³-hybridized carbons (Fsp3) is 0.737. The number of aromatic nitrogens is 1. The van der Waals surface area contributed by atoms with Gasteiger partial charge in [0.1, 0.15) is 5.75 Å². The molecule has 1 fully saturated rings. The van der Waals surface area contributed by atoms with E-state index in [1.165, 1.54) is 12.8 Å². The van der Waals surface area contributed by atoms with Crippen LogP contribution in [0.3, 0.4) is 0 Å². The summed E-state index contributed by atoms with van der Waals surface area (Å²) in [4.78, 5) is 9.35. The number of aliphatic hydroxyl groups excluding tert-OH is 1. The minimum Gasteiger partial charge on any atom is -0.496 e. The number of ether oxygens (including phenoxy) is 1. The van der Waals surface area contributed by atoms with E-state index < -0.39 is 0 Å². The number of aliphatic hydroxyl groups is 1. The normalized spacial score (nSPS) is 18.1. The molecule has 136 valence electrons. The van der Waals surface area contributed by atoms with E-state index in [4.69, 9.17) is 4.74 Å². The van der Waals surface area contributed by atoms with Crippen LogP contribution < -0.4 is 4.74 Å². The molecule has 0 spiro atoms. The molecule has 24 heavy (non-hydrogen) atoms. The molecule has 0 bridgehead atoms. The topological polar surface area (TPSA) is 48.8 Å². The maximum atomic E-state index is 9.50. The number of nitrogens with zero attached hydrogens (tertiary/aromatic N) is 3. The van der Waals surface area contributed by atoms with Gasteiger partial charge in [0, 0.05) is 37.0 Å². The average molecular weight is 335 g/mol. The molecule has 5 nitrogen and oxygen atoms in total. The predicted octanol–water partition coefficient (Wildman–Crippen LogP) is 2.23. The van der Waals surface area contributed by atoms with Crippen LogP contribution in [0.1, 0.15) is 36.6 Å². The third-order valence-electron chi connectivity index (χ3n) is 4.97. The number of rotatable bonds is 7. The van der Waals surface area contributed by atoms with Crippen LogP contribution in [0.25, 0.3) is 0 Å². The summed E-state index contributed by atoms with van der Waals surface area (Å²) in [6.45, 7) is 10.9. The minimum absolute atomic E-state index is 0.227. The van der Waals surface area contributed by atoms with Crippen molar-refractivity contribution in [3.8, 4) is 5.75 Å². The van der Waals surface area contributed by atoms with Crippen LogP contribution in [0, 0.1) is 19.8 Å². The fourth-order valence-corrected chi connectivity index (χ4v) is 3.72. The first-order valence-corrected chi connectivity index (χ1v) is 8.98.